The van der Waals surface area contributed by atoms with Gasteiger partial charge in [0.05, 0.1) is 6.54 Å². The van der Waals surface area contributed by atoms with Gasteiger partial charge in [-0.25, -0.2) is 0 Å². The molecule has 2 N–H and O–H groups in total. The minimum Gasteiger partial charge on any atom is -0.508 e. The van der Waals surface area contributed by atoms with Gasteiger partial charge in [-0.3, -0.25) is 4.90 Å². The van der Waals surface area contributed by atoms with Crippen molar-refractivity contribution < 1.29 is 14.7 Å². The number of likely N-dealkylation sites (N-methyl/N-ethyl adjacent to an activating group) is 2. The Hall–Kier alpha value is -1.76. The molecule has 4 rings (SSSR count). The van der Waals surface area contributed by atoms with Gasteiger partial charge >= 0.3 is 0 Å². The molecule has 1 heterocycles. The second-order valence-electron chi connectivity index (χ2n) is 12.0. The van der Waals surface area contributed by atoms with Gasteiger partial charge in [0.2, 0.25) is 0 Å². The molecule has 6 nitrogen and oxygen atoms in total. The first kappa shape index (κ1) is 30.5. The second-order valence-corrected chi connectivity index (χ2v) is 12.0. The van der Waals surface area contributed by atoms with Crippen molar-refractivity contribution in [3.63, 3.8) is 0 Å². The second kappa shape index (κ2) is 14.8. The van der Waals surface area contributed by atoms with Crippen molar-refractivity contribution in [2.75, 3.05) is 46.8 Å². The molecule has 1 aromatic carbocycles. The van der Waals surface area contributed by atoms with Gasteiger partial charge in [0.25, 0.3) is 0 Å². The molecule has 0 aromatic heterocycles. The number of aldehydes is 2. The first-order valence-corrected chi connectivity index (χ1v) is 13.8. The highest BCUT2D eigenvalue weighted by Gasteiger charge is 2.40. The Morgan fingerprint density at radius 1 is 1.00 bits per heavy atom. The molecule has 36 heavy (non-hydrogen) atoms. The Labute approximate surface area is 219 Å². The number of phenolic OH excluding ortho intramolecular Hbond substituents is 1. The molecule has 2 atom stereocenters. The lowest BCUT2D eigenvalue weighted by Gasteiger charge is -2.46. The summed E-state index contributed by atoms with van der Waals surface area (Å²) in [5, 5.41) is 12.2. The van der Waals surface area contributed by atoms with Gasteiger partial charge in [0.15, 0.2) is 0 Å². The van der Waals surface area contributed by atoms with Crippen molar-refractivity contribution in [3.05, 3.63) is 28.8 Å². The minimum absolute atomic E-state index is 0.343. The summed E-state index contributed by atoms with van der Waals surface area (Å²) in [5.41, 5.74) is 4.10. The van der Waals surface area contributed by atoms with Crippen LogP contribution in [0.1, 0.15) is 69.1 Å². The number of aromatic hydroxyl groups is 1. The van der Waals surface area contributed by atoms with E-state index in [1.807, 2.05) is 12.1 Å². The summed E-state index contributed by atoms with van der Waals surface area (Å²) in [7, 11) is 3.91. The van der Waals surface area contributed by atoms with Gasteiger partial charge < -0.3 is 24.9 Å². The number of piperazine rings is 1. The van der Waals surface area contributed by atoms with E-state index >= 15 is 0 Å². The van der Waals surface area contributed by atoms with Crippen LogP contribution in [0.15, 0.2) is 12.1 Å². The normalized spacial score (nSPS) is 28.2. The van der Waals surface area contributed by atoms with Crippen LogP contribution in [-0.2, 0) is 16.1 Å². The van der Waals surface area contributed by atoms with Gasteiger partial charge in [-0.15, -0.1) is 0 Å². The number of aryl methyl sites for hydroxylation is 2. The van der Waals surface area contributed by atoms with Gasteiger partial charge in [-0.05, 0) is 112 Å². The van der Waals surface area contributed by atoms with E-state index in [-0.39, 0.29) is 0 Å². The van der Waals surface area contributed by atoms with E-state index in [4.69, 9.17) is 0 Å². The van der Waals surface area contributed by atoms with Crippen LogP contribution in [0.25, 0.3) is 0 Å². The Morgan fingerprint density at radius 3 is 2.00 bits per heavy atom. The molecule has 204 valence electrons. The van der Waals surface area contributed by atoms with E-state index < -0.39 is 0 Å². The molecule has 3 fully saturated rings. The topological polar surface area (TPSA) is 72.9 Å². The number of hydrogen-bond donors (Lipinski definition) is 2. The molecule has 1 aliphatic heterocycles. The Morgan fingerprint density at radius 2 is 1.56 bits per heavy atom. The number of carbonyl (C=O) groups excluding carboxylic acids is 2. The molecule has 2 saturated carbocycles. The van der Waals surface area contributed by atoms with Crippen LogP contribution < -0.4 is 5.32 Å². The molecule has 3 aliphatic rings. The fourth-order valence-corrected chi connectivity index (χ4v) is 6.61. The smallest absolute Gasteiger partial charge is 0.133 e. The molecular weight excluding hydrogens is 450 g/mol. The van der Waals surface area contributed by atoms with E-state index in [9.17, 15) is 14.7 Å². The van der Waals surface area contributed by atoms with Crippen molar-refractivity contribution in [1.29, 1.82) is 0 Å². The van der Waals surface area contributed by atoms with Crippen molar-refractivity contribution in [2.45, 2.75) is 72.8 Å². The standard InChI is InChI=1S/C14H22N2O.C13H22O.C3H7NO/c1-11-8-13(17)9-12(2)14(11)10-16-6-4-15(3)5-7-16;1-10-5-11-7-12(6-10)9-13(2,8-11)3-4-14;1-4-2-3-5/h8-9,17H,4-7,10H2,1-3H3;4,10-12H,3,5-9H2,1-2H3;3-4H,2H2,1H3. The number of rotatable bonds is 6. The molecule has 0 spiro atoms. The van der Waals surface area contributed by atoms with E-state index in [1.54, 1.807) is 7.05 Å². The van der Waals surface area contributed by atoms with Crippen LogP contribution in [-0.4, -0.2) is 74.3 Å². The zero-order valence-corrected chi connectivity index (χ0v) is 23.7. The van der Waals surface area contributed by atoms with Gasteiger partial charge in [0.1, 0.15) is 18.3 Å². The largest absolute Gasteiger partial charge is 0.508 e. The van der Waals surface area contributed by atoms with Crippen molar-refractivity contribution in [1.82, 2.24) is 15.1 Å². The highest BCUT2D eigenvalue weighted by Crippen LogP contribution is 2.51. The predicted molar refractivity (Wildman–Crippen MR) is 148 cm³/mol. The fourth-order valence-electron chi connectivity index (χ4n) is 6.61. The maximum atomic E-state index is 10.7. The average Bonchev–Trinajstić information content (AvgIpc) is 2.78. The molecule has 2 bridgehead atoms. The number of phenols is 1. The number of fused-ring (bicyclic) bond motifs is 2. The molecule has 2 unspecified atom stereocenters. The lowest BCUT2D eigenvalue weighted by Crippen LogP contribution is -2.44. The van der Waals surface area contributed by atoms with Crippen LogP contribution in [0.5, 0.6) is 5.75 Å². The zero-order chi connectivity index (χ0) is 26.7. The first-order chi connectivity index (χ1) is 17.1. The highest BCUT2D eigenvalue weighted by atomic mass is 16.3. The molecule has 0 radical (unpaired) electrons. The van der Waals surface area contributed by atoms with Gasteiger partial charge in [-0.2, -0.15) is 0 Å². The summed E-state index contributed by atoms with van der Waals surface area (Å²) in [6.07, 6.45) is 9.59. The first-order valence-electron chi connectivity index (χ1n) is 13.8. The number of nitrogens with zero attached hydrogens (tertiary/aromatic N) is 2. The van der Waals surface area contributed by atoms with Crippen LogP contribution in [0.4, 0.5) is 0 Å². The number of hydrogen-bond acceptors (Lipinski definition) is 6. The molecule has 2 aliphatic carbocycles. The number of carbonyl (C=O) groups is 2. The Kier molecular flexibility index (Phi) is 12.6. The van der Waals surface area contributed by atoms with Crippen molar-refractivity contribution in [3.8, 4) is 5.75 Å². The summed E-state index contributed by atoms with van der Waals surface area (Å²) in [4.78, 5) is 24.9. The minimum atomic E-state index is 0.343. The zero-order valence-electron chi connectivity index (χ0n) is 23.7. The SMILES string of the molecule is CC1CC2CC(C1)CC(C)(CC=O)C2.CNCC=O.Cc1cc(O)cc(C)c1CN1CCN(C)CC1. The maximum absolute atomic E-state index is 10.7. The molecule has 6 heteroatoms. The van der Waals surface area contributed by atoms with E-state index in [0.29, 0.717) is 17.7 Å². The molecular formula is C30H51N3O3. The Bertz CT molecular complexity index is 779. The molecule has 1 aromatic rings. The number of benzene rings is 1. The third kappa shape index (κ3) is 9.95. The van der Waals surface area contributed by atoms with E-state index in [2.05, 4.69) is 49.9 Å². The number of nitrogens with one attached hydrogen (secondary N) is 1. The lowest BCUT2D eigenvalue weighted by atomic mass is 9.59. The highest BCUT2D eigenvalue weighted by molar-refractivity contribution is 5.51. The predicted octanol–water partition coefficient (Wildman–Crippen LogP) is 4.59. The maximum Gasteiger partial charge on any atom is 0.133 e. The van der Waals surface area contributed by atoms with Crippen LogP contribution in [0.3, 0.4) is 0 Å². The molecule has 0 amide bonds. The van der Waals surface area contributed by atoms with E-state index in [1.165, 1.54) is 48.8 Å². The molecule has 1 saturated heterocycles. The summed E-state index contributed by atoms with van der Waals surface area (Å²) in [6, 6.07) is 3.72. The summed E-state index contributed by atoms with van der Waals surface area (Å²) in [5.74, 6) is 3.14. The third-order valence-electron chi connectivity index (χ3n) is 8.22. The van der Waals surface area contributed by atoms with Gasteiger partial charge in [-0.1, -0.05) is 13.8 Å². The van der Waals surface area contributed by atoms with Gasteiger partial charge in [0, 0.05) is 39.1 Å². The fraction of sp³-hybridized carbons (Fsp3) is 0.733. The Balaban J connectivity index is 0.000000217. The quantitative estimate of drug-likeness (QED) is 0.556. The lowest BCUT2D eigenvalue weighted by molar-refractivity contribution is -0.111. The summed E-state index contributed by atoms with van der Waals surface area (Å²) < 4.78 is 0. The monoisotopic (exact) mass is 501 g/mol. The summed E-state index contributed by atoms with van der Waals surface area (Å²) >= 11 is 0. The van der Waals surface area contributed by atoms with E-state index in [0.717, 1.165) is 69.5 Å². The van der Waals surface area contributed by atoms with Crippen molar-refractivity contribution >= 4 is 12.6 Å². The summed E-state index contributed by atoms with van der Waals surface area (Å²) in [6.45, 7) is 14.9. The van der Waals surface area contributed by atoms with Crippen LogP contribution in [0, 0.1) is 37.0 Å². The average molecular weight is 502 g/mol. The van der Waals surface area contributed by atoms with Crippen LogP contribution >= 0.6 is 0 Å². The van der Waals surface area contributed by atoms with Crippen molar-refractivity contribution in [2.24, 2.45) is 23.2 Å². The van der Waals surface area contributed by atoms with Crippen LogP contribution in [0.2, 0.25) is 0 Å². The third-order valence-corrected chi connectivity index (χ3v) is 8.22.